The van der Waals surface area contributed by atoms with Crippen molar-refractivity contribution in [1.82, 2.24) is 0 Å². The molecule has 0 aromatic rings. The second kappa shape index (κ2) is 7.92. The highest BCUT2D eigenvalue weighted by Gasteiger charge is 2.59. The summed E-state index contributed by atoms with van der Waals surface area (Å²) in [4.78, 5) is 0. The van der Waals surface area contributed by atoms with Crippen LogP contribution in [0.15, 0.2) is 0 Å². The zero-order valence-corrected chi connectivity index (χ0v) is 17.1. The fourth-order valence-corrected chi connectivity index (χ4v) is 6.45. The quantitative estimate of drug-likeness (QED) is 0.578. The van der Waals surface area contributed by atoms with Gasteiger partial charge in [0.05, 0.1) is 0 Å². The first-order valence-corrected chi connectivity index (χ1v) is 11.2. The van der Waals surface area contributed by atoms with Crippen molar-refractivity contribution in [2.75, 3.05) is 6.26 Å². The van der Waals surface area contributed by atoms with Crippen LogP contribution in [-0.2, 0) is 15.3 Å². The van der Waals surface area contributed by atoms with Crippen molar-refractivity contribution in [3.05, 3.63) is 0 Å². The highest BCUT2D eigenvalue weighted by Crippen LogP contribution is 2.62. The van der Waals surface area contributed by atoms with E-state index in [9.17, 15) is 4.21 Å². The van der Waals surface area contributed by atoms with Crippen LogP contribution in [0, 0.1) is 41.4 Å². The molecule has 6 atom stereocenters. The molecule has 0 radical (unpaired) electrons. The molecule has 0 bridgehead atoms. The molecular weight excluding hydrogens is 316 g/mol. The molecule has 2 rings (SSSR count). The maximum absolute atomic E-state index is 11.8. The molecule has 2 fully saturated rings. The number of fused-ring (bicyclic) bond motifs is 1. The first-order valence-electron chi connectivity index (χ1n) is 9.76. The van der Waals surface area contributed by atoms with Gasteiger partial charge < -0.3 is 0 Å². The molecule has 5 unspecified atom stereocenters. The Bertz CT molecular complexity index is 495. The largest absolute Gasteiger partial charge is 0.271 e. The standard InChI is InChI=1S/C21H36O2S/c1-7-21(23-24(6)22)15-9-14-20(5)18(12-13-19(20)21)17(4)11-8-10-16(2)3/h1,16-19H,8-15H2,2-6H3/t17?,18?,19?,20?,21-,24?/m0/s1. The van der Waals surface area contributed by atoms with E-state index in [4.69, 9.17) is 10.6 Å². The Morgan fingerprint density at radius 3 is 2.54 bits per heavy atom. The maximum atomic E-state index is 11.8. The van der Waals surface area contributed by atoms with E-state index in [0.29, 0.717) is 5.92 Å². The maximum Gasteiger partial charge on any atom is 0.153 e. The van der Waals surface area contributed by atoms with Gasteiger partial charge in [-0.3, -0.25) is 4.18 Å². The van der Waals surface area contributed by atoms with E-state index in [0.717, 1.165) is 37.0 Å². The Kier molecular flexibility index (Phi) is 6.59. The fraction of sp³-hybridized carbons (Fsp3) is 0.905. The molecule has 2 nitrogen and oxygen atoms in total. The smallest absolute Gasteiger partial charge is 0.153 e. The van der Waals surface area contributed by atoms with Gasteiger partial charge in [0, 0.05) is 12.2 Å². The van der Waals surface area contributed by atoms with Crippen molar-refractivity contribution in [1.29, 1.82) is 0 Å². The number of terminal acetylenes is 1. The predicted molar refractivity (Wildman–Crippen MR) is 103 cm³/mol. The van der Waals surface area contributed by atoms with E-state index < -0.39 is 16.7 Å². The minimum Gasteiger partial charge on any atom is -0.271 e. The van der Waals surface area contributed by atoms with Gasteiger partial charge in [-0.05, 0) is 55.3 Å². The van der Waals surface area contributed by atoms with Crippen LogP contribution in [0.5, 0.6) is 0 Å². The summed E-state index contributed by atoms with van der Waals surface area (Å²) in [5.74, 6) is 5.55. The minimum absolute atomic E-state index is 0.237. The van der Waals surface area contributed by atoms with Crippen molar-refractivity contribution in [2.45, 2.75) is 84.7 Å². The molecule has 0 aliphatic heterocycles. The number of rotatable bonds is 7. The highest BCUT2D eigenvalue weighted by atomic mass is 32.2. The van der Waals surface area contributed by atoms with E-state index in [-0.39, 0.29) is 5.41 Å². The van der Waals surface area contributed by atoms with Gasteiger partial charge in [0.2, 0.25) is 0 Å². The lowest BCUT2D eigenvalue weighted by Crippen LogP contribution is -2.51. The summed E-state index contributed by atoms with van der Waals surface area (Å²) in [6.45, 7) is 9.48. The number of hydrogen-bond acceptors (Lipinski definition) is 2. The van der Waals surface area contributed by atoms with E-state index >= 15 is 0 Å². The zero-order chi connectivity index (χ0) is 18.0. The molecule has 0 aromatic heterocycles. The van der Waals surface area contributed by atoms with E-state index in [1.54, 1.807) is 6.26 Å². The average molecular weight is 353 g/mol. The normalized spacial score (nSPS) is 38.5. The Labute approximate surface area is 152 Å². The molecule has 0 saturated heterocycles. The molecule has 2 saturated carbocycles. The summed E-state index contributed by atoms with van der Waals surface area (Å²) >= 11 is -1.30. The van der Waals surface area contributed by atoms with Crippen LogP contribution in [0.25, 0.3) is 0 Å². The first kappa shape index (κ1) is 20.0. The van der Waals surface area contributed by atoms with Gasteiger partial charge in [-0.2, -0.15) is 0 Å². The lowest BCUT2D eigenvalue weighted by Gasteiger charge is -2.50. The molecule has 138 valence electrons. The molecule has 2 aliphatic carbocycles. The lowest BCUT2D eigenvalue weighted by atomic mass is 9.57. The van der Waals surface area contributed by atoms with Crippen LogP contribution in [0.2, 0.25) is 0 Å². The first-order chi connectivity index (χ1) is 11.2. The van der Waals surface area contributed by atoms with Crippen LogP contribution >= 0.6 is 0 Å². The zero-order valence-electron chi connectivity index (χ0n) is 16.3. The average Bonchev–Trinajstić information content (AvgIpc) is 2.84. The molecule has 0 spiro atoms. The van der Waals surface area contributed by atoms with Crippen molar-refractivity contribution in [3.63, 3.8) is 0 Å². The van der Waals surface area contributed by atoms with Crippen molar-refractivity contribution < 1.29 is 8.39 Å². The molecule has 2 aliphatic rings. The fourth-order valence-electron chi connectivity index (χ4n) is 5.79. The van der Waals surface area contributed by atoms with Crippen molar-refractivity contribution in [2.24, 2.45) is 29.1 Å². The Balaban J connectivity index is 2.14. The SMILES string of the molecule is C#C[C@]1(OS(C)=O)CCCC2(C)C(C(C)CCCC(C)C)CCC21. The molecule has 3 heteroatoms. The predicted octanol–water partition coefficient (Wildman–Crippen LogP) is 5.35. The summed E-state index contributed by atoms with van der Waals surface area (Å²) < 4.78 is 17.7. The van der Waals surface area contributed by atoms with Gasteiger partial charge in [0.25, 0.3) is 0 Å². The third-order valence-corrected chi connectivity index (χ3v) is 7.41. The Morgan fingerprint density at radius 1 is 1.25 bits per heavy atom. The molecule has 0 amide bonds. The van der Waals surface area contributed by atoms with E-state index in [1.165, 1.54) is 32.1 Å². The second-order valence-electron chi connectivity index (χ2n) is 8.92. The van der Waals surface area contributed by atoms with E-state index in [2.05, 4.69) is 33.6 Å². The molecular formula is C21H36O2S. The van der Waals surface area contributed by atoms with Crippen LogP contribution in [-0.4, -0.2) is 16.1 Å². The third kappa shape index (κ3) is 3.91. The van der Waals surface area contributed by atoms with Gasteiger partial charge in [0.15, 0.2) is 11.1 Å². The topological polar surface area (TPSA) is 26.3 Å². The van der Waals surface area contributed by atoms with Gasteiger partial charge in [-0.1, -0.05) is 52.9 Å². The Morgan fingerprint density at radius 2 is 1.96 bits per heavy atom. The lowest BCUT2D eigenvalue weighted by molar-refractivity contribution is -0.0492. The van der Waals surface area contributed by atoms with Crippen LogP contribution in [0.1, 0.15) is 79.1 Å². The Hall–Kier alpha value is -0.330. The summed E-state index contributed by atoms with van der Waals surface area (Å²) in [6.07, 6.45) is 17.0. The monoisotopic (exact) mass is 352 g/mol. The van der Waals surface area contributed by atoms with Crippen molar-refractivity contribution >= 4 is 11.1 Å². The van der Waals surface area contributed by atoms with Gasteiger partial charge >= 0.3 is 0 Å². The summed E-state index contributed by atoms with van der Waals surface area (Å²) in [5, 5.41) is 0. The summed E-state index contributed by atoms with van der Waals surface area (Å²) in [6, 6.07) is 0. The van der Waals surface area contributed by atoms with E-state index in [1.807, 2.05) is 0 Å². The van der Waals surface area contributed by atoms with Crippen LogP contribution in [0.4, 0.5) is 0 Å². The van der Waals surface area contributed by atoms with Gasteiger partial charge in [-0.15, -0.1) is 6.42 Å². The number of hydrogen-bond donors (Lipinski definition) is 0. The molecule has 24 heavy (non-hydrogen) atoms. The van der Waals surface area contributed by atoms with Gasteiger partial charge in [-0.25, -0.2) is 4.21 Å². The van der Waals surface area contributed by atoms with Crippen molar-refractivity contribution in [3.8, 4) is 12.3 Å². The summed E-state index contributed by atoms with van der Waals surface area (Å²) in [5.41, 5.74) is -0.375. The molecule has 0 aromatic carbocycles. The second-order valence-corrected chi connectivity index (χ2v) is 9.89. The molecule has 0 N–H and O–H groups in total. The van der Waals surface area contributed by atoms with Crippen LogP contribution in [0.3, 0.4) is 0 Å². The molecule has 0 heterocycles. The minimum atomic E-state index is -1.30. The highest BCUT2D eigenvalue weighted by molar-refractivity contribution is 7.79. The van der Waals surface area contributed by atoms with Gasteiger partial charge in [0.1, 0.15) is 5.60 Å². The van der Waals surface area contributed by atoms with Crippen LogP contribution < -0.4 is 0 Å². The summed E-state index contributed by atoms with van der Waals surface area (Å²) in [7, 11) is 0. The third-order valence-electron chi connectivity index (χ3n) is 6.87.